The maximum atomic E-state index is 13.3. The highest BCUT2D eigenvalue weighted by atomic mass is 16.5. The lowest BCUT2D eigenvalue weighted by Crippen LogP contribution is -2.36. The summed E-state index contributed by atoms with van der Waals surface area (Å²) in [6, 6.07) is 0. The number of rotatable bonds is 11. The zero-order valence-corrected chi connectivity index (χ0v) is 20.3. The lowest BCUT2D eigenvalue weighted by molar-refractivity contribution is -0.132. The quantitative estimate of drug-likeness (QED) is 0.218. The van der Waals surface area contributed by atoms with E-state index in [2.05, 4.69) is 6.58 Å². The van der Waals surface area contributed by atoms with Gasteiger partial charge in [0, 0.05) is 31.1 Å². The van der Waals surface area contributed by atoms with Gasteiger partial charge in [-0.1, -0.05) is 30.7 Å². The van der Waals surface area contributed by atoms with Crippen LogP contribution in [0.2, 0.25) is 0 Å². The molecule has 6 nitrogen and oxygen atoms in total. The van der Waals surface area contributed by atoms with Crippen LogP contribution in [-0.2, 0) is 23.9 Å². The Balaban J connectivity index is 3.37. The number of hydrogen-bond donors (Lipinski definition) is 1. The molecule has 6 heteroatoms. The van der Waals surface area contributed by atoms with Crippen molar-refractivity contribution >= 4 is 17.5 Å². The van der Waals surface area contributed by atoms with Gasteiger partial charge in [-0.05, 0) is 64.4 Å². The molecule has 0 bridgehead atoms. The Morgan fingerprint density at radius 1 is 1.31 bits per heavy atom. The molecule has 1 rings (SSSR count). The van der Waals surface area contributed by atoms with Gasteiger partial charge in [0.2, 0.25) is 0 Å². The molecule has 0 spiro atoms. The van der Waals surface area contributed by atoms with Crippen LogP contribution in [0, 0.1) is 17.3 Å². The highest BCUT2D eigenvalue weighted by Crippen LogP contribution is 2.46. The van der Waals surface area contributed by atoms with E-state index in [1.54, 1.807) is 26.8 Å². The third kappa shape index (κ3) is 8.32. The minimum atomic E-state index is -0.653. The summed E-state index contributed by atoms with van der Waals surface area (Å²) in [5.74, 6) is -1.70. The Hall–Kier alpha value is -2.31. The molecule has 0 saturated heterocycles. The van der Waals surface area contributed by atoms with Crippen LogP contribution in [-0.4, -0.2) is 42.5 Å². The smallest absolute Gasteiger partial charge is 0.335 e. The second-order valence-corrected chi connectivity index (χ2v) is 9.31. The SMILES string of the molecule is C=C(C)[C@@H](O)CC[C@@]1(C)CC=C(COC)C(=O)[C@@H](CC(C)=O)[C@@H]1/C=C/OC(=O)C=C(C)C. The van der Waals surface area contributed by atoms with Crippen LogP contribution in [0.5, 0.6) is 0 Å². The summed E-state index contributed by atoms with van der Waals surface area (Å²) in [5, 5.41) is 10.3. The van der Waals surface area contributed by atoms with Crippen LogP contribution in [0.3, 0.4) is 0 Å². The monoisotopic (exact) mass is 446 g/mol. The first kappa shape index (κ1) is 27.7. The van der Waals surface area contributed by atoms with E-state index in [9.17, 15) is 19.5 Å². The number of Topliss-reactive ketones (excluding diaryl/α,β-unsaturated/α-hetero) is 2. The van der Waals surface area contributed by atoms with E-state index >= 15 is 0 Å². The molecule has 0 aliphatic heterocycles. The molecule has 0 fully saturated rings. The van der Waals surface area contributed by atoms with Crippen LogP contribution in [0.4, 0.5) is 0 Å². The lowest BCUT2D eigenvalue weighted by atomic mass is 9.65. The Morgan fingerprint density at radius 3 is 2.50 bits per heavy atom. The average molecular weight is 447 g/mol. The Morgan fingerprint density at radius 2 is 1.97 bits per heavy atom. The number of aliphatic hydroxyl groups excluding tert-OH is 1. The summed E-state index contributed by atoms with van der Waals surface area (Å²) >= 11 is 0. The summed E-state index contributed by atoms with van der Waals surface area (Å²) in [4.78, 5) is 37.4. The molecule has 1 aliphatic carbocycles. The first-order chi connectivity index (χ1) is 14.9. The molecule has 0 aromatic rings. The number of methoxy groups -OCH3 is 1. The number of ether oxygens (including phenoxy) is 2. The molecule has 1 N–H and O–H groups in total. The fourth-order valence-electron chi connectivity index (χ4n) is 4.10. The third-order valence-electron chi connectivity index (χ3n) is 5.95. The molecule has 0 unspecified atom stereocenters. The Labute approximate surface area is 192 Å². The molecular formula is C26H38O6. The molecule has 0 radical (unpaired) electrons. The number of esters is 1. The normalized spacial score (nSPS) is 24.5. The van der Waals surface area contributed by atoms with Gasteiger partial charge in [-0.15, -0.1) is 0 Å². The van der Waals surface area contributed by atoms with Crippen molar-refractivity contribution < 1.29 is 29.0 Å². The predicted molar refractivity (Wildman–Crippen MR) is 125 cm³/mol. The molecule has 0 heterocycles. The van der Waals surface area contributed by atoms with Crippen LogP contribution in [0.15, 0.2) is 47.8 Å². The van der Waals surface area contributed by atoms with Crippen molar-refractivity contribution in [1.29, 1.82) is 0 Å². The standard InChI is InChI=1S/C26H38O6/c1-17(2)14-24(29)32-13-10-22-21(15-19(5)27)25(30)20(16-31-7)8-11-26(22,6)12-9-23(28)18(3)4/h8,10,13-14,21-23,28H,3,9,11-12,15-16H2,1-2,4-7H3/b13-10+/t21-,22-,23-,26+/m0/s1. The third-order valence-corrected chi connectivity index (χ3v) is 5.95. The first-order valence-electron chi connectivity index (χ1n) is 11.0. The van der Waals surface area contributed by atoms with Gasteiger partial charge in [0.15, 0.2) is 5.78 Å². The van der Waals surface area contributed by atoms with Gasteiger partial charge in [0.05, 0.1) is 19.0 Å². The summed E-state index contributed by atoms with van der Waals surface area (Å²) in [7, 11) is 1.53. The Bertz CT molecular complexity index is 799. The first-order valence-corrected chi connectivity index (χ1v) is 11.0. The Kier molecular flexibility index (Phi) is 11.0. The second-order valence-electron chi connectivity index (χ2n) is 9.31. The number of carbonyl (C=O) groups is 3. The van der Waals surface area contributed by atoms with Gasteiger partial charge in [-0.2, -0.15) is 0 Å². The molecule has 1 aliphatic rings. The van der Waals surface area contributed by atoms with Crippen molar-refractivity contribution in [2.75, 3.05) is 13.7 Å². The highest BCUT2D eigenvalue weighted by Gasteiger charge is 2.43. The fourth-order valence-corrected chi connectivity index (χ4v) is 4.10. The molecule has 0 aromatic heterocycles. The van der Waals surface area contributed by atoms with Gasteiger partial charge < -0.3 is 19.4 Å². The summed E-state index contributed by atoms with van der Waals surface area (Å²) in [5.41, 5.74) is 1.58. The fraction of sp³-hybridized carbons (Fsp3) is 0.577. The number of ketones is 2. The van der Waals surface area contributed by atoms with Gasteiger partial charge >= 0.3 is 5.97 Å². The predicted octanol–water partition coefficient (Wildman–Crippen LogP) is 4.49. The van der Waals surface area contributed by atoms with Crippen molar-refractivity contribution in [2.24, 2.45) is 17.3 Å². The van der Waals surface area contributed by atoms with Crippen molar-refractivity contribution in [3.8, 4) is 0 Å². The van der Waals surface area contributed by atoms with E-state index in [0.29, 0.717) is 30.4 Å². The van der Waals surface area contributed by atoms with E-state index < -0.39 is 23.4 Å². The molecule has 0 amide bonds. The maximum absolute atomic E-state index is 13.3. The number of hydrogen-bond acceptors (Lipinski definition) is 6. The largest absolute Gasteiger partial charge is 0.432 e. The van der Waals surface area contributed by atoms with Crippen LogP contribution in [0.25, 0.3) is 0 Å². The molecular weight excluding hydrogens is 408 g/mol. The molecule has 178 valence electrons. The number of aliphatic hydroxyl groups is 1. The van der Waals surface area contributed by atoms with Gasteiger partial charge in [0.1, 0.15) is 5.78 Å². The number of carbonyl (C=O) groups excluding carboxylic acids is 3. The summed E-state index contributed by atoms with van der Waals surface area (Å²) < 4.78 is 10.4. The van der Waals surface area contributed by atoms with Crippen molar-refractivity contribution in [3.63, 3.8) is 0 Å². The van der Waals surface area contributed by atoms with E-state index in [0.717, 1.165) is 5.57 Å². The molecule has 32 heavy (non-hydrogen) atoms. The maximum Gasteiger partial charge on any atom is 0.335 e. The molecule has 0 saturated carbocycles. The topological polar surface area (TPSA) is 89.9 Å². The van der Waals surface area contributed by atoms with E-state index in [1.807, 2.05) is 13.0 Å². The lowest BCUT2D eigenvalue weighted by Gasteiger charge is -2.38. The minimum absolute atomic E-state index is 0.0788. The summed E-state index contributed by atoms with van der Waals surface area (Å²) in [6.45, 7) is 12.9. The van der Waals surface area contributed by atoms with E-state index in [4.69, 9.17) is 9.47 Å². The highest BCUT2D eigenvalue weighted by molar-refractivity contribution is 6.00. The molecule has 0 aromatic carbocycles. The van der Waals surface area contributed by atoms with Gasteiger partial charge in [-0.25, -0.2) is 4.79 Å². The van der Waals surface area contributed by atoms with E-state index in [1.165, 1.54) is 26.4 Å². The summed E-state index contributed by atoms with van der Waals surface area (Å²) in [6.07, 6.45) is 7.37. The van der Waals surface area contributed by atoms with Crippen LogP contribution >= 0.6 is 0 Å². The van der Waals surface area contributed by atoms with Gasteiger partial charge in [-0.3, -0.25) is 4.79 Å². The number of allylic oxidation sites excluding steroid dienone is 3. The van der Waals surface area contributed by atoms with Crippen LogP contribution < -0.4 is 0 Å². The van der Waals surface area contributed by atoms with E-state index in [-0.39, 0.29) is 30.5 Å². The second kappa shape index (κ2) is 12.7. The zero-order valence-electron chi connectivity index (χ0n) is 20.3. The van der Waals surface area contributed by atoms with Gasteiger partial charge in [0.25, 0.3) is 0 Å². The van der Waals surface area contributed by atoms with Crippen molar-refractivity contribution in [2.45, 2.75) is 66.4 Å². The van der Waals surface area contributed by atoms with Crippen molar-refractivity contribution in [3.05, 3.63) is 47.8 Å². The van der Waals surface area contributed by atoms with Crippen LogP contribution in [0.1, 0.15) is 60.3 Å². The zero-order chi connectivity index (χ0) is 24.5. The molecule has 4 atom stereocenters. The van der Waals surface area contributed by atoms with Crippen molar-refractivity contribution in [1.82, 2.24) is 0 Å². The minimum Gasteiger partial charge on any atom is -0.432 e. The average Bonchev–Trinajstić information content (AvgIpc) is 2.77.